The number of halogens is 1. The van der Waals surface area contributed by atoms with Crippen molar-refractivity contribution in [3.05, 3.63) is 28.6 Å². The Morgan fingerprint density at radius 2 is 1.89 bits per heavy atom. The average Bonchev–Trinajstić information content (AvgIpc) is 2.77. The third-order valence-electron chi connectivity index (χ3n) is 7.79. The van der Waals surface area contributed by atoms with Gasteiger partial charge in [-0.15, -0.1) is 0 Å². The number of likely N-dealkylation sites (N-methyl/N-ethyl adjacent to an activating group) is 1. The third kappa shape index (κ3) is 3.60. The van der Waals surface area contributed by atoms with Crippen LogP contribution < -0.4 is 11.1 Å². The van der Waals surface area contributed by atoms with Crippen LogP contribution in [-0.2, 0) is 32.1 Å². The van der Waals surface area contributed by atoms with E-state index in [1.165, 1.54) is 19.0 Å². The van der Waals surface area contributed by atoms with Crippen LogP contribution in [0.2, 0.25) is 0 Å². The molecule has 2 unspecified atom stereocenters. The maximum absolute atomic E-state index is 15.1. The number of aliphatic hydroxyl groups is 1. The molecule has 0 radical (unpaired) electrons. The highest BCUT2D eigenvalue weighted by molar-refractivity contribution is 6.32. The molecular weight excluding hydrogens is 473 g/mol. The minimum atomic E-state index is -2.80. The number of phenols is 1. The third-order valence-corrected chi connectivity index (χ3v) is 7.79. The Labute approximate surface area is 207 Å². The standard InChI is InChI=1S/C25H30FN3O7/c1-9(2)28-8-11-7-14(26)12-5-10-6-13-18(29(3)4)21(32)17(24(27)35)23(34)25(13,36)22(33)15(10)20(31)16(12)19(11)30/h7,9-10,13,15,17-18,28,30,36H,5-6,8H2,1-4H3,(H2,27,35)/t10-,13-,15?,17?,18-,25-/m0/s1. The number of aromatic hydroxyl groups is 1. The minimum Gasteiger partial charge on any atom is -0.507 e. The number of nitrogens with zero attached hydrogens (tertiary/aromatic N) is 1. The predicted molar refractivity (Wildman–Crippen MR) is 123 cm³/mol. The number of carbonyl (C=O) groups excluding carboxylic acids is 5. The Bertz CT molecular complexity index is 1200. The lowest BCUT2D eigenvalue weighted by Gasteiger charge is -2.52. The fraction of sp³-hybridized carbons (Fsp3) is 0.560. The quantitative estimate of drug-likeness (QED) is 0.388. The SMILES string of the molecule is CC(C)NCc1cc(F)c2c(c1O)C(=O)C1C(=O)[C@]3(O)C(=O)C(C(N)=O)C(=O)[C@@H](N(C)C)[C@@H]3C[C@@H]1C2. The van der Waals surface area contributed by atoms with Gasteiger partial charge in [0.25, 0.3) is 0 Å². The topological polar surface area (TPSA) is 167 Å². The number of rotatable bonds is 5. The van der Waals surface area contributed by atoms with Crippen LogP contribution in [0.3, 0.4) is 0 Å². The van der Waals surface area contributed by atoms with Gasteiger partial charge in [-0.05, 0) is 38.9 Å². The van der Waals surface area contributed by atoms with Crippen LogP contribution in [0, 0.1) is 29.5 Å². The molecule has 1 amide bonds. The predicted octanol–water partition coefficient (Wildman–Crippen LogP) is -0.496. The Morgan fingerprint density at radius 1 is 1.25 bits per heavy atom. The van der Waals surface area contributed by atoms with E-state index < -0.39 is 75.9 Å². The number of fused-ring (bicyclic) bond motifs is 3. The molecule has 6 atom stereocenters. The molecule has 0 spiro atoms. The van der Waals surface area contributed by atoms with E-state index in [4.69, 9.17) is 5.73 Å². The first-order valence-corrected chi connectivity index (χ1v) is 11.8. The van der Waals surface area contributed by atoms with Crippen LogP contribution in [0.5, 0.6) is 5.75 Å². The van der Waals surface area contributed by atoms with Crippen LogP contribution in [0.1, 0.15) is 41.8 Å². The highest BCUT2D eigenvalue weighted by atomic mass is 19.1. The largest absolute Gasteiger partial charge is 0.507 e. The normalized spacial score (nSPS) is 31.9. The van der Waals surface area contributed by atoms with E-state index in [0.29, 0.717) is 0 Å². The fourth-order valence-electron chi connectivity index (χ4n) is 6.13. The fourth-order valence-corrected chi connectivity index (χ4v) is 6.13. The van der Waals surface area contributed by atoms with Crippen LogP contribution in [0.4, 0.5) is 4.39 Å². The highest BCUT2D eigenvalue weighted by Gasteiger charge is 2.69. The van der Waals surface area contributed by atoms with Crippen molar-refractivity contribution in [1.29, 1.82) is 0 Å². The van der Waals surface area contributed by atoms with E-state index in [-0.39, 0.29) is 42.1 Å². The molecule has 3 aliphatic carbocycles. The second kappa shape index (κ2) is 8.82. The number of phenolic OH excluding ortho intramolecular Hbond substituents is 1. The Hall–Kier alpha value is -3.02. The van der Waals surface area contributed by atoms with Crippen LogP contribution >= 0.6 is 0 Å². The Morgan fingerprint density at radius 3 is 2.44 bits per heavy atom. The summed E-state index contributed by atoms with van der Waals surface area (Å²) in [5.74, 6) is -12.3. The molecule has 10 nitrogen and oxygen atoms in total. The van der Waals surface area contributed by atoms with Crippen molar-refractivity contribution in [1.82, 2.24) is 10.2 Å². The molecule has 1 aromatic carbocycles. The summed E-state index contributed by atoms with van der Waals surface area (Å²) < 4.78 is 15.1. The molecule has 3 aliphatic rings. The van der Waals surface area contributed by atoms with Gasteiger partial charge < -0.3 is 21.3 Å². The molecule has 0 aromatic heterocycles. The van der Waals surface area contributed by atoms with Gasteiger partial charge in [-0.2, -0.15) is 0 Å². The van der Waals surface area contributed by atoms with Gasteiger partial charge in [0.15, 0.2) is 34.7 Å². The van der Waals surface area contributed by atoms with E-state index in [1.54, 1.807) is 0 Å². The summed E-state index contributed by atoms with van der Waals surface area (Å²) in [4.78, 5) is 67.0. The van der Waals surface area contributed by atoms with E-state index in [9.17, 15) is 34.2 Å². The molecule has 194 valence electrons. The lowest BCUT2D eigenvalue weighted by molar-refractivity contribution is -0.181. The van der Waals surface area contributed by atoms with Crippen LogP contribution in [0.15, 0.2) is 6.07 Å². The van der Waals surface area contributed by atoms with Gasteiger partial charge in [-0.3, -0.25) is 28.9 Å². The number of carbonyl (C=O) groups is 5. The van der Waals surface area contributed by atoms with Gasteiger partial charge in [0.1, 0.15) is 11.6 Å². The molecule has 11 heteroatoms. The van der Waals surface area contributed by atoms with Gasteiger partial charge in [0, 0.05) is 29.6 Å². The number of amides is 1. The van der Waals surface area contributed by atoms with Crippen molar-refractivity contribution in [2.24, 2.45) is 29.4 Å². The average molecular weight is 504 g/mol. The molecule has 36 heavy (non-hydrogen) atoms. The van der Waals surface area contributed by atoms with Gasteiger partial charge in [-0.25, -0.2) is 4.39 Å². The number of Topliss-reactive ketones (excluding diaryl/α,β-unsaturated/α-hetero) is 4. The molecule has 2 saturated carbocycles. The summed E-state index contributed by atoms with van der Waals surface area (Å²) >= 11 is 0. The van der Waals surface area contributed by atoms with Gasteiger partial charge >= 0.3 is 0 Å². The molecule has 1 aromatic rings. The lowest BCUT2D eigenvalue weighted by atomic mass is 9.52. The van der Waals surface area contributed by atoms with E-state index >= 15 is 4.39 Å². The first-order valence-electron chi connectivity index (χ1n) is 11.8. The summed E-state index contributed by atoms with van der Waals surface area (Å²) in [6, 6.07) is -0.0433. The zero-order valence-electron chi connectivity index (χ0n) is 20.5. The maximum atomic E-state index is 15.1. The molecule has 2 fully saturated rings. The number of nitrogens with two attached hydrogens (primary N) is 1. The van der Waals surface area contributed by atoms with Gasteiger partial charge in [0.05, 0.1) is 17.5 Å². The maximum Gasteiger partial charge on any atom is 0.235 e. The summed E-state index contributed by atoms with van der Waals surface area (Å²) in [6.45, 7) is 3.78. The second-order valence-electron chi connectivity index (χ2n) is 10.5. The van der Waals surface area contributed by atoms with Gasteiger partial charge in [-0.1, -0.05) is 13.8 Å². The molecule has 4 rings (SSSR count). The summed E-state index contributed by atoms with van der Waals surface area (Å²) in [6.07, 6.45) is -0.232. The molecule has 0 aliphatic heterocycles. The number of benzene rings is 1. The molecule has 5 N–H and O–H groups in total. The van der Waals surface area contributed by atoms with E-state index in [2.05, 4.69) is 5.32 Å². The Kier molecular flexibility index (Phi) is 6.39. The number of hydrogen-bond donors (Lipinski definition) is 4. The van der Waals surface area contributed by atoms with Crippen molar-refractivity contribution in [3.8, 4) is 5.75 Å². The molecular formula is C25H30FN3O7. The zero-order valence-corrected chi connectivity index (χ0v) is 20.5. The zero-order chi connectivity index (χ0) is 26.9. The molecule has 0 bridgehead atoms. The molecule has 0 heterocycles. The number of nitrogens with one attached hydrogen (secondary N) is 1. The summed E-state index contributed by atoms with van der Waals surface area (Å²) in [5, 5.41) is 25.4. The first kappa shape index (κ1) is 26.1. The summed E-state index contributed by atoms with van der Waals surface area (Å²) in [7, 11) is 3.00. The smallest absolute Gasteiger partial charge is 0.235 e. The van der Waals surface area contributed by atoms with E-state index in [1.807, 2.05) is 13.8 Å². The minimum absolute atomic E-state index is 0.0116. The lowest BCUT2D eigenvalue weighted by Crippen LogP contribution is -2.74. The van der Waals surface area contributed by atoms with Crippen molar-refractivity contribution in [3.63, 3.8) is 0 Å². The second-order valence-corrected chi connectivity index (χ2v) is 10.5. The summed E-state index contributed by atoms with van der Waals surface area (Å²) in [5.41, 5.74) is 2.23. The number of primary amides is 1. The Balaban J connectivity index is 1.83. The molecule has 0 saturated heterocycles. The van der Waals surface area contributed by atoms with Gasteiger partial charge in [0.2, 0.25) is 5.91 Å². The van der Waals surface area contributed by atoms with Crippen molar-refractivity contribution in [2.75, 3.05) is 14.1 Å². The monoisotopic (exact) mass is 503 g/mol. The van der Waals surface area contributed by atoms with E-state index in [0.717, 1.165) is 6.07 Å². The van der Waals surface area contributed by atoms with Crippen LogP contribution in [-0.4, -0.2) is 75.9 Å². The number of ketones is 4. The van der Waals surface area contributed by atoms with Crippen molar-refractivity contribution < 1.29 is 38.6 Å². The van der Waals surface area contributed by atoms with Crippen molar-refractivity contribution in [2.45, 2.75) is 50.9 Å². The highest BCUT2D eigenvalue weighted by Crippen LogP contribution is 2.51. The van der Waals surface area contributed by atoms with Crippen LogP contribution in [0.25, 0.3) is 0 Å². The number of hydrogen-bond acceptors (Lipinski definition) is 9. The first-order chi connectivity index (χ1) is 16.7. The van der Waals surface area contributed by atoms with Crippen molar-refractivity contribution >= 4 is 29.0 Å².